The van der Waals surface area contributed by atoms with Crippen molar-refractivity contribution in [1.82, 2.24) is 0 Å². The first-order chi connectivity index (χ1) is 6.56. The average molecular weight is 197 g/mol. The van der Waals surface area contributed by atoms with E-state index in [-0.39, 0.29) is 11.5 Å². The van der Waals surface area contributed by atoms with E-state index >= 15 is 0 Å². The van der Waals surface area contributed by atoms with Gasteiger partial charge in [-0.1, -0.05) is 19.1 Å². The lowest BCUT2D eigenvalue weighted by atomic mass is 9.79. The molecule has 14 heavy (non-hydrogen) atoms. The minimum absolute atomic E-state index is 0.134. The van der Waals surface area contributed by atoms with Crippen LogP contribution in [0.1, 0.15) is 24.9 Å². The van der Waals surface area contributed by atoms with E-state index in [4.69, 9.17) is 15.8 Å². The molecule has 0 aliphatic carbocycles. The first-order valence-electron chi connectivity index (χ1n) is 4.47. The minimum Gasteiger partial charge on any atom is -0.423 e. The van der Waals surface area contributed by atoms with Crippen LogP contribution in [0.25, 0.3) is 0 Å². The van der Waals surface area contributed by atoms with Crippen LogP contribution >= 0.6 is 0 Å². The fourth-order valence-corrected chi connectivity index (χ4v) is 1.22. The maximum absolute atomic E-state index is 13.3. The monoisotopic (exact) mass is 197 g/mol. The molecule has 1 atom stereocenters. The Labute approximate surface area is 82.5 Å². The highest BCUT2D eigenvalue weighted by atomic mass is 19.1. The normalized spacial score (nSPS) is 12.6. The molecule has 5 heteroatoms. The van der Waals surface area contributed by atoms with Gasteiger partial charge in [-0.3, -0.25) is 0 Å². The minimum atomic E-state index is -1.64. The maximum atomic E-state index is 13.3. The van der Waals surface area contributed by atoms with Crippen molar-refractivity contribution in [1.29, 1.82) is 0 Å². The third kappa shape index (κ3) is 2.32. The molecule has 0 aliphatic rings. The van der Waals surface area contributed by atoms with Gasteiger partial charge in [0.1, 0.15) is 5.82 Å². The molecule has 0 radical (unpaired) electrons. The molecule has 0 saturated heterocycles. The predicted molar refractivity (Wildman–Crippen MR) is 53.4 cm³/mol. The summed E-state index contributed by atoms with van der Waals surface area (Å²) in [7, 11) is -1.64. The summed E-state index contributed by atoms with van der Waals surface area (Å²) in [5, 5.41) is 17.6. The van der Waals surface area contributed by atoms with Gasteiger partial charge in [0.15, 0.2) is 0 Å². The average Bonchev–Trinajstić information content (AvgIpc) is 2.16. The Hall–Kier alpha value is -0.905. The second-order valence-electron chi connectivity index (χ2n) is 3.17. The number of halogens is 1. The van der Waals surface area contributed by atoms with E-state index in [0.717, 1.165) is 6.07 Å². The Bertz CT molecular complexity index is 320. The summed E-state index contributed by atoms with van der Waals surface area (Å²) in [6, 6.07) is 3.69. The smallest absolute Gasteiger partial charge is 0.423 e. The molecule has 0 amide bonds. The van der Waals surface area contributed by atoms with Crippen LogP contribution in [-0.4, -0.2) is 17.2 Å². The molecule has 3 nitrogen and oxygen atoms in total. The molecular weight excluding hydrogens is 184 g/mol. The third-order valence-electron chi connectivity index (χ3n) is 2.16. The number of nitrogens with two attached hydrogens (primary N) is 1. The van der Waals surface area contributed by atoms with Crippen LogP contribution in [0.4, 0.5) is 4.39 Å². The van der Waals surface area contributed by atoms with E-state index < -0.39 is 12.9 Å². The molecule has 1 unspecified atom stereocenters. The van der Waals surface area contributed by atoms with Crippen LogP contribution in [0.5, 0.6) is 0 Å². The summed E-state index contributed by atoms with van der Waals surface area (Å²) in [5.74, 6) is -0.495. The lowest BCUT2D eigenvalue weighted by Crippen LogP contribution is -2.30. The quantitative estimate of drug-likeness (QED) is 0.593. The van der Waals surface area contributed by atoms with Crippen molar-refractivity contribution in [3.63, 3.8) is 0 Å². The summed E-state index contributed by atoms with van der Waals surface area (Å²) in [6.07, 6.45) is 0.637. The van der Waals surface area contributed by atoms with Crippen LogP contribution in [-0.2, 0) is 0 Å². The van der Waals surface area contributed by atoms with E-state index in [0.29, 0.717) is 12.0 Å². The van der Waals surface area contributed by atoms with Crippen LogP contribution < -0.4 is 11.2 Å². The van der Waals surface area contributed by atoms with E-state index in [1.165, 1.54) is 12.1 Å². The zero-order valence-corrected chi connectivity index (χ0v) is 7.94. The lowest BCUT2D eigenvalue weighted by molar-refractivity contribution is 0.425. The molecule has 1 aromatic carbocycles. The molecule has 76 valence electrons. The Morgan fingerprint density at radius 1 is 1.50 bits per heavy atom. The Morgan fingerprint density at radius 2 is 2.14 bits per heavy atom. The molecule has 0 bridgehead atoms. The van der Waals surface area contributed by atoms with Gasteiger partial charge in [-0.25, -0.2) is 4.39 Å². The highest BCUT2D eigenvalue weighted by Crippen LogP contribution is 2.16. The number of rotatable bonds is 3. The van der Waals surface area contributed by atoms with Gasteiger partial charge in [-0.15, -0.1) is 0 Å². The highest BCUT2D eigenvalue weighted by molar-refractivity contribution is 6.58. The van der Waals surface area contributed by atoms with Gasteiger partial charge in [0.2, 0.25) is 0 Å². The van der Waals surface area contributed by atoms with Crippen LogP contribution in [0.2, 0.25) is 0 Å². The second kappa shape index (κ2) is 4.55. The summed E-state index contributed by atoms with van der Waals surface area (Å²) < 4.78 is 13.3. The largest absolute Gasteiger partial charge is 0.488 e. The zero-order valence-electron chi connectivity index (χ0n) is 7.94. The first-order valence-corrected chi connectivity index (χ1v) is 4.47. The highest BCUT2D eigenvalue weighted by Gasteiger charge is 2.15. The fourth-order valence-electron chi connectivity index (χ4n) is 1.22. The zero-order chi connectivity index (χ0) is 10.7. The number of hydrogen-bond acceptors (Lipinski definition) is 3. The van der Waals surface area contributed by atoms with Crippen LogP contribution in [0.3, 0.4) is 0 Å². The standard InChI is InChI=1S/C9H13BFNO2/c1-2-9(12)7-4-3-6(10(13)14)5-8(7)11/h3-5,9,13-14H,2,12H2,1H3. The van der Waals surface area contributed by atoms with Crippen LogP contribution in [0, 0.1) is 5.82 Å². The van der Waals surface area contributed by atoms with Crippen molar-refractivity contribution in [2.75, 3.05) is 0 Å². The summed E-state index contributed by atoms with van der Waals surface area (Å²) in [6.45, 7) is 1.86. The maximum Gasteiger partial charge on any atom is 0.488 e. The van der Waals surface area contributed by atoms with Gasteiger partial charge in [-0.05, 0) is 17.9 Å². The SMILES string of the molecule is CCC(N)c1ccc(B(O)O)cc1F. The molecule has 1 rings (SSSR count). The van der Waals surface area contributed by atoms with Gasteiger partial charge in [0.05, 0.1) is 0 Å². The molecule has 0 saturated carbocycles. The summed E-state index contributed by atoms with van der Waals surface area (Å²) in [5.41, 5.74) is 6.19. The Morgan fingerprint density at radius 3 is 2.57 bits per heavy atom. The van der Waals surface area contributed by atoms with Gasteiger partial charge >= 0.3 is 7.12 Å². The Balaban J connectivity index is 3.01. The molecule has 0 aliphatic heterocycles. The number of benzene rings is 1. The molecule has 4 N–H and O–H groups in total. The molecule has 0 aromatic heterocycles. The van der Waals surface area contributed by atoms with Gasteiger partial charge in [0, 0.05) is 11.6 Å². The lowest BCUT2D eigenvalue weighted by Gasteiger charge is -2.11. The van der Waals surface area contributed by atoms with Crippen molar-refractivity contribution in [2.45, 2.75) is 19.4 Å². The van der Waals surface area contributed by atoms with E-state index in [1.807, 2.05) is 6.92 Å². The van der Waals surface area contributed by atoms with Crippen LogP contribution in [0.15, 0.2) is 18.2 Å². The molecule has 1 aromatic rings. The van der Waals surface area contributed by atoms with E-state index in [2.05, 4.69) is 0 Å². The van der Waals surface area contributed by atoms with Gasteiger partial charge in [-0.2, -0.15) is 0 Å². The molecular formula is C9H13BFNO2. The summed E-state index contributed by atoms with van der Waals surface area (Å²) >= 11 is 0. The topological polar surface area (TPSA) is 66.5 Å². The molecule has 0 spiro atoms. The predicted octanol–water partition coefficient (Wildman–Crippen LogP) is -0.0847. The van der Waals surface area contributed by atoms with Crippen molar-refractivity contribution >= 4 is 12.6 Å². The number of hydrogen-bond donors (Lipinski definition) is 3. The van der Waals surface area contributed by atoms with Crippen molar-refractivity contribution in [2.24, 2.45) is 5.73 Å². The molecule has 0 heterocycles. The van der Waals surface area contributed by atoms with E-state index in [1.54, 1.807) is 0 Å². The third-order valence-corrected chi connectivity index (χ3v) is 2.16. The molecule has 0 fully saturated rings. The van der Waals surface area contributed by atoms with Crippen molar-refractivity contribution in [3.05, 3.63) is 29.6 Å². The van der Waals surface area contributed by atoms with Gasteiger partial charge in [0.25, 0.3) is 0 Å². The second-order valence-corrected chi connectivity index (χ2v) is 3.17. The van der Waals surface area contributed by atoms with Gasteiger partial charge < -0.3 is 15.8 Å². The van der Waals surface area contributed by atoms with E-state index in [9.17, 15) is 4.39 Å². The van der Waals surface area contributed by atoms with Crippen molar-refractivity contribution < 1.29 is 14.4 Å². The van der Waals surface area contributed by atoms with Crippen molar-refractivity contribution in [3.8, 4) is 0 Å². The Kier molecular flexibility index (Phi) is 3.63. The summed E-state index contributed by atoms with van der Waals surface area (Å²) in [4.78, 5) is 0. The fraction of sp³-hybridized carbons (Fsp3) is 0.333. The first kappa shape index (κ1) is 11.2.